The van der Waals surface area contributed by atoms with Gasteiger partial charge in [-0.15, -0.1) is 0 Å². The fraction of sp³-hybridized carbons (Fsp3) is 0.348. The highest BCUT2D eigenvalue weighted by molar-refractivity contribution is 7.99. The van der Waals surface area contributed by atoms with E-state index in [2.05, 4.69) is 13.8 Å². The third-order valence-corrected chi connectivity index (χ3v) is 5.59. The molecule has 0 unspecified atom stereocenters. The Bertz CT molecular complexity index is 1060. The molecule has 0 saturated heterocycles. The lowest BCUT2D eigenvalue weighted by Gasteiger charge is -2.21. The maximum absolute atomic E-state index is 13.3. The number of fused-ring (bicyclic) bond motifs is 1. The standard InChI is InChI=1S/C23H27N3O2S/c1-4-13-25(14-5-2)21(27)16-29-23-24-20-12-7-6-11-19(20)22(28)26(23)18-10-8-9-17(3)15-18/h6-12,15H,4-5,13-14,16H2,1-3H3. The summed E-state index contributed by atoms with van der Waals surface area (Å²) in [6.07, 6.45) is 1.86. The van der Waals surface area contributed by atoms with Crippen molar-refractivity contribution >= 4 is 28.6 Å². The van der Waals surface area contributed by atoms with Crippen molar-refractivity contribution in [2.45, 2.75) is 38.8 Å². The van der Waals surface area contributed by atoms with E-state index in [1.807, 2.05) is 54.3 Å². The van der Waals surface area contributed by atoms with Crippen molar-refractivity contribution in [2.75, 3.05) is 18.8 Å². The molecule has 2 aromatic carbocycles. The molecule has 0 aliphatic rings. The van der Waals surface area contributed by atoms with Gasteiger partial charge in [-0.1, -0.05) is 49.9 Å². The number of rotatable bonds is 8. The van der Waals surface area contributed by atoms with Crippen LogP contribution in [0.2, 0.25) is 0 Å². The molecule has 3 rings (SSSR count). The maximum atomic E-state index is 13.3. The smallest absolute Gasteiger partial charge is 0.266 e. The van der Waals surface area contributed by atoms with Crippen molar-refractivity contribution in [1.82, 2.24) is 14.5 Å². The van der Waals surface area contributed by atoms with Gasteiger partial charge in [0, 0.05) is 13.1 Å². The average Bonchev–Trinajstić information content (AvgIpc) is 2.72. The molecule has 0 spiro atoms. The largest absolute Gasteiger partial charge is 0.342 e. The van der Waals surface area contributed by atoms with Crippen LogP contribution in [0.5, 0.6) is 0 Å². The number of hydrogen-bond acceptors (Lipinski definition) is 4. The number of amides is 1. The summed E-state index contributed by atoms with van der Waals surface area (Å²) in [4.78, 5) is 32.6. The van der Waals surface area contributed by atoms with Gasteiger partial charge >= 0.3 is 0 Å². The van der Waals surface area contributed by atoms with Gasteiger partial charge in [0.15, 0.2) is 5.16 Å². The predicted octanol–water partition coefficient (Wildman–Crippen LogP) is 4.43. The number of carbonyl (C=O) groups excluding carboxylic acids is 1. The van der Waals surface area contributed by atoms with Crippen molar-refractivity contribution < 1.29 is 4.79 Å². The zero-order valence-electron chi connectivity index (χ0n) is 17.2. The second-order valence-corrected chi connectivity index (χ2v) is 8.00. The summed E-state index contributed by atoms with van der Waals surface area (Å²) < 4.78 is 1.62. The topological polar surface area (TPSA) is 55.2 Å². The lowest BCUT2D eigenvalue weighted by molar-refractivity contribution is -0.128. The third kappa shape index (κ3) is 4.88. The Kier molecular flexibility index (Phi) is 7.09. The minimum absolute atomic E-state index is 0.0805. The quantitative estimate of drug-likeness (QED) is 0.408. The Morgan fingerprint density at radius 1 is 1.07 bits per heavy atom. The number of hydrogen-bond donors (Lipinski definition) is 0. The van der Waals surface area contributed by atoms with E-state index in [0.717, 1.165) is 37.2 Å². The first-order valence-corrected chi connectivity index (χ1v) is 11.0. The highest BCUT2D eigenvalue weighted by Gasteiger charge is 2.17. The summed E-state index contributed by atoms with van der Waals surface area (Å²) in [6.45, 7) is 7.64. The molecular formula is C23H27N3O2S. The minimum Gasteiger partial charge on any atom is -0.342 e. The summed E-state index contributed by atoms with van der Waals surface area (Å²) in [5, 5.41) is 1.11. The number of benzene rings is 2. The van der Waals surface area contributed by atoms with E-state index >= 15 is 0 Å². The molecule has 6 heteroatoms. The van der Waals surface area contributed by atoms with E-state index in [1.54, 1.807) is 10.6 Å². The first-order chi connectivity index (χ1) is 14.0. The number of nitrogens with zero attached hydrogens (tertiary/aromatic N) is 3. The Balaban J connectivity index is 2.01. The summed E-state index contributed by atoms with van der Waals surface area (Å²) in [7, 11) is 0. The zero-order chi connectivity index (χ0) is 20.8. The number of para-hydroxylation sites is 1. The zero-order valence-corrected chi connectivity index (χ0v) is 18.0. The van der Waals surface area contributed by atoms with Gasteiger partial charge in [-0.05, 0) is 49.6 Å². The van der Waals surface area contributed by atoms with Crippen LogP contribution >= 0.6 is 11.8 Å². The van der Waals surface area contributed by atoms with Crippen LogP contribution in [-0.4, -0.2) is 39.2 Å². The number of thioether (sulfide) groups is 1. The Morgan fingerprint density at radius 2 is 1.79 bits per heavy atom. The van der Waals surface area contributed by atoms with Crippen molar-refractivity contribution in [3.8, 4) is 5.69 Å². The van der Waals surface area contributed by atoms with Gasteiger partial charge in [0.05, 0.1) is 22.3 Å². The molecule has 29 heavy (non-hydrogen) atoms. The first kappa shape index (κ1) is 21.1. The monoisotopic (exact) mass is 409 g/mol. The molecule has 0 aliphatic carbocycles. The van der Waals surface area contributed by atoms with Gasteiger partial charge in [-0.25, -0.2) is 4.98 Å². The van der Waals surface area contributed by atoms with Gasteiger partial charge in [0.1, 0.15) is 0 Å². The van der Waals surface area contributed by atoms with Crippen LogP contribution in [0, 0.1) is 6.92 Å². The average molecular weight is 410 g/mol. The molecule has 152 valence electrons. The van der Waals surface area contributed by atoms with Crippen molar-refractivity contribution in [1.29, 1.82) is 0 Å². The maximum Gasteiger partial charge on any atom is 0.266 e. The lowest BCUT2D eigenvalue weighted by atomic mass is 10.2. The second kappa shape index (κ2) is 9.74. The minimum atomic E-state index is -0.116. The van der Waals surface area contributed by atoms with Crippen LogP contribution in [0.3, 0.4) is 0 Å². The molecule has 0 N–H and O–H groups in total. The molecule has 1 heterocycles. The van der Waals surface area contributed by atoms with Crippen molar-refractivity contribution in [2.24, 2.45) is 0 Å². The normalized spacial score (nSPS) is 11.0. The SMILES string of the molecule is CCCN(CCC)C(=O)CSc1nc2ccccc2c(=O)n1-c1cccc(C)c1. The predicted molar refractivity (Wildman–Crippen MR) is 120 cm³/mol. The highest BCUT2D eigenvalue weighted by atomic mass is 32.2. The molecule has 5 nitrogen and oxygen atoms in total. The molecule has 1 aromatic heterocycles. The third-order valence-electron chi connectivity index (χ3n) is 4.67. The van der Waals surface area contributed by atoms with Crippen LogP contribution < -0.4 is 5.56 Å². The van der Waals surface area contributed by atoms with Gasteiger partial charge in [-0.3, -0.25) is 14.2 Å². The van der Waals surface area contributed by atoms with Crippen LogP contribution in [0.15, 0.2) is 58.5 Å². The summed E-state index contributed by atoms with van der Waals surface area (Å²) in [6, 6.07) is 15.1. The molecule has 3 aromatic rings. The molecule has 0 saturated carbocycles. The van der Waals surface area contributed by atoms with Crippen molar-refractivity contribution in [3.05, 3.63) is 64.4 Å². The number of carbonyl (C=O) groups is 1. The molecule has 0 radical (unpaired) electrons. The van der Waals surface area contributed by atoms with Crippen molar-refractivity contribution in [3.63, 3.8) is 0 Å². The fourth-order valence-corrected chi connectivity index (χ4v) is 4.24. The second-order valence-electron chi connectivity index (χ2n) is 7.06. The molecule has 0 bridgehead atoms. The Hall–Kier alpha value is -2.60. The highest BCUT2D eigenvalue weighted by Crippen LogP contribution is 2.22. The molecule has 1 amide bonds. The van der Waals surface area contributed by atoms with Crippen LogP contribution in [-0.2, 0) is 4.79 Å². The number of aromatic nitrogens is 2. The summed E-state index contributed by atoms with van der Waals surface area (Å²) in [5.74, 6) is 0.341. The van der Waals surface area contributed by atoms with E-state index in [1.165, 1.54) is 11.8 Å². The fourth-order valence-electron chi connectivity index (χ4n) is 3.32. The van der Waals surface area contributed by atoms with Crippen LogP contribution in [0.4, 0.5) is 0 Å². The van der Waals surface area contributed by atoms with E-state index in [-0.39, 0.29) is 17.2 Å². The van der Waals surface area contributed by atoms with Gasteiger partial charge in [-0.2, -0.15) is 0 Å². The summed E-state index contributed by atoms with van der Waals surface area (Å²) in [5.41, 5.74) is 2.36. The van der Waals surface area contributed by atoms with E-state index in [9.17, 15) is 9.59 Å². The lowest BCUT2D eigenvalue weighted by Crippen LogP contribution is -2.34. The van der Waals surface area contributed by atoms with Crippen LogP contribution in [0.1, 0.15) is 32.3 Å². The number of aryl methyl sites for hydroxylation is 1. The summed E-state index contributed by atoms with van der Waals surface area (Å²) >= 11 is 1.33. The Morgan fingerprint density at radius 3 is 2.48 bits per heavy atom. The van der Waals surface area contributed by atoms with Gasteiger partial charge in [0.2, 0.25) is 5.91 Å². The Labute approximate surface area is 175 Å². The first-order valence-electron chi connectivity index (χ1n) is 10.0. The molecule has 0 aliphatic heterocycles. The van der Waals surface area contributed by atoms with E-state index in [4.69, 9.17) is 4.98 Å². The van der Waals surface area contributed by atoms with Gasteiger partial charge < -0.3 is 4.90 Å². The van der Waals surface area contributed by atoms with Crippen LogP contribution in [0.25, 0.3) is 16.6 Å². The van der Waals surface area contributed by atoms with E-state index < -0.39 is 0 Å². The van der Waals surface area contributed by atoms with Gasteiger partial charge in [0.25, 0.3) is 5.56 Å². The molecule has 0 atom stereocenters. The molecular weight excluding hydrogens is 382 g/mol. The van der Waals surface area contributed by atoms with E-state index in [0.29, 0.717) is 16.1 Å². The molecule has 0 fully saturated rings.